The van der Waals surface area contributed by atoms with E-state index in [1.165, 1.54) is 0 Å². The van der Waals surface area contributed by atoms with Crippen molar-refractivity contribution >= 4 is 0 Å². The van der Waals surface area contributed by atoms with Gasteiger partial charge in [0.25, 0.3) is 5.92 Å². The summed E-state index contributed by atoms with van der Waals surface area (Å²) in [4.78, 5) is 0. The molecule has 1 aliphatic heterocycles. The maximum absolute atomic E-state index is 13.3. The summed E-state index contributed by atoms with van der Waals surface area (Å²) in [6.45, 7) is 3.41. The Morgan fingerprint density at radius 3 is 2.33 bits per heavy atom. The van der Waals surface area contributed by atoms with Crippen molar-refractivity contribution in [2.24, 2.45) is 11.3 Å². The molecule has 0 aromatic rings. The van der Waals surface area contributed by atoms with Crippen LogP contribution in [0.3, 0.4) is 0 Å². The molecule has 1 saturated heterocycles. The molecule has 1 atom stereocenters. The van der Waals surface area contributed by atoms with Crippen LogP contribution in [0, 0.1) is 11.3 Å². The van der Waals surface area contributed by atoms with Gasteiger partial charge in [0.1, 0.15) is 0 Å². The Morgan fingerprint density at radius 2 is 1.92 bits per heavy atom. The Hall–Kier alpha value is -0.180. The first kappa shape index (κ1) is 8.42. The molecule has 12 heavy (non-hydrogen) atoms. The average molecular weight is 175 g/mol. The Balaban J connectivity index is 2.12. The predicted octanol–water partition coefficient (Wildman–Crippen LogP) is 2.03. The van der Waals surface area contributed by atoms with Crippen LogP contribution < -0.4 is 5.32 Å². The first-order chi connectivity index (χ1) is 5.65. The zero-order valence-electron chi connectivity index (χ0n) is 7.37. The molecule has 1 spiro atoms. The maximum Gasteiger partial charge on any atom is 0.257 e. The number of alkyl halides is 2. The van der Waals surface area contributed by atoms with Gasteiger partial charge >= 0.3 is 0 Å². The lowest BCUT2D eigenvalue weighted by Gasteiger charge is -2.22. The third-order valence-corrected chi connectivity index (χ3v) is 3.59. The van der Waals surface area contributed by atoms with Crippen molar-refractivity contribution < 1.29 is 8.78 Å². The van der Waals surface area contributed by atoms with Crippen LogP contribution in [0.15, 0.2) is 0 Å². The van der Waals surface area contributed by atoms with E-state index in [2.05, 4.69) is 5.32 Å². The number of rotatable bonds is 1. The molecule has 1 N–H and O–H groups in total. The molecule has 3 heteroatoms. The second kappa shape index (κ2) is 2.41. The van der Waals surface area contributed by atoms with Gasteiger partial charge in [-0.2, -0.15) is 0 Å². The van der Waals surface area contributed by atoms with Gasteiger partial charge in [-0.05, 0) is 32.4 Å². The monoisotopic (exact) mass is 175 g/mol. The minimum Gasteiger partial charge on any atom is -0.317 e. The average Bonchev–Trinajstić information content (AvgIpc) is 2.49. The van der Waals surface area contributed by atoms with E-state index in [0.717, 1.165) is 13.1 Å². The fourth-order valence-corrected chi connectivity index (χ4v) is 2.79. The quantitative estimate of drug-likeness (QED) is 0.643. The van der Waals surface area contributed by atoms with Crippen LogP contribution in [-0.2, 0) is 0 Å². The lowest BCUT2D eigenvalue weighted by molar-refractivity contribution is 0.0461. The molecule has 1 nitrogen and oxygen atoms in total. The van der Waals surface area contributed by atoms with Gasteiger partial charge < -0.3 is 5.32 Å². The van der Waals surface area contributed by atoms with Crippen LogP contribution in [0.5, 0.6) is 0 Å². The Morgan fingerprint density at radius 1 is 1.33 bits per heavy atom. The first-order valence-electron chi connectivity index (χ1n) is 4.73. The van der Waals surface area contributed by atoms with Gasteiger partial charge in [-0.1, -0.05) is 6.92 Å². The van der Waals surface area contributed by atoms with E-state index in [1.54, 1.807) is 0 Å². The van der Waals surface area contributed by atoms with E-state index >= 15 is 0 Å². The van der Waals surface area contributed by atoms with Crippen LogP contribution in [0.4, 0.5) is 8.78 Å². The SMILES string of the molecule is CCC1C(F)(F)C12CCNCC2. The molecule has 0 radical (unpaired) electrons. The highest BCUT2D eigenvalue weighted by atomic mass is 19.3. The van der Waals surface area contributed by atoms with Gasteiger partial charge in [0.05, 0.1) is 0 Å². The van der Waals surface area contributed by atoms with Gasteiger partial charge in [-0.25, -0.2) is 8.78 Å². The fraction of sp³-hybridized carbons (Fsp3) is 1.00. The summed E-state index contributed by atoms with van der Waals surface area (Å²) in [6.07, 6.45) is 1.96. The van der Waals surface area contributed by atoms with E-state index in [1.807, 2.05) is 6.92 Å². The molecule has 2 aliphatic rings. The van der Waals surface area contributed by atoms with Gasteiger partial charge in [0.15, 0.2) is 0 Å². The van der Waals surface area contributed by atoms with Crippen molar-refractivity contribution in [2.75, 3.05) is 13.1 Å². The minimum absolute atomic E-state index is 0.327. The van der Waals surface area contributed by atoms with Crippen molar-refractivity contribution in [1.29, 1.82) is 0 Å². The third kappa shape index (κ3) is 0.804. The zero-order chi connectivity index (χ0) is 8.82. The fourth-order valence-electron chi connectivity index (χ4n) is 2.79. The molecule has 2 rings (SSSR count). The van der Waals surface area contributed by atoms with Crippen molar-refractivity contribution in [1.82, 2.24) is 5.32 Å². The lowest BCUT2D eigenvalue weighted by Crippen LogP contribution is -2.32. The Kier molecular flexibility index (Phi) is 1.69. The van der Waals surface area contributed by atoms with Crippen molar-refractivity contribution in [2.45, 2.75) is 32.1 Å². The van der Waals surface area contributed by atoms with E-state index in [0.29, 0.717) is 19.3 Å². The predicted molar refractivity (Wildman–Crippen MR) is 43.3 cm³/mol. The molecule has 0 bridgehead atoms. The maximum atomic E-state index is 13.3. The molecular formula is C9H15F2N. The molecule has 0 amide bonds. The third-order valence-electron chi connectivity index (χ3n) is 3.59. The van der Waals surface area contributed by atoms with Gasteiger partial charge in [0.2, 0.25) is 0 Å². The second-order valence-electron chi connectivity index (χ2n) is 3.99. The molecular weight excluding hydrogens is 160 g/mol. The van der Waals surface area contributed by atoms with Crippen LogP contribution in [-0.4, -0.2) is 19.0 Å². The Labute approximate surface area is 71.5 Å². The second-order valence-corrected chi connectivity index (χ2v) is 3.99. The van der Waals surface area contributed by atoms with Crippen molar-refractivity contribution in [3.8, 4) is 0 Å². The van der Waals surface area contributed by atoms with Crippen LogP contribution in [0.2, 0.25) is 0 Å². The molecule has 1 saturated carbocycles. The summed E-state index contributed by atoms with van der Waals surface area (Å²) < 4.78 is 26.6. The highest BCUT2D eigenvalue weighted by molar-refractivity contribution is 5.18. The number of nitrogens with one attached hydrogen (secondary N) is 1. The number of hydrogen-bond donors (Lipinski definition) is 1. The standard InChI is InChI=1S/C9H15F2N/c1-2-7-8(9(7,10)11)3-5-12-6-4-8/h7,12H,2-6H2,1H3. The van der Waals surface area contributed by atoms with E-state index in [4.69, 9.17) is 0 Å². The number of hydrogen-bond acceptors (Lipinski definition) is 1. The van der Waals surface area contributed by atoms with Gasteiger partial charge in [-0.3, -0.25) is 0 Å². The molecule has 0 aromatic heterocycles. The van der Waals surface area contributed by atoms with E-state index in [9.17, 15) is 8.78 Å². The summed E-state index contributed by atoms with van der Waals surface area (Å²) in [5.74, 6) is -2.68. The van der Waals surface area contributed by atoms with Gasteiger partial charge in [0, 0.05) is 11.3 Å². The smallest absolute Gasteiger partial charge is 0.257 e. The summed E-state index contributed by atoms with van der Waals surface area (Å²) in [5.41, 5.74) is -0.604. The molecule has 70 valence electrons. The molecule has 2 fully saturated rings. The molecule has 1 heterocycles. The normalized spacial score (nSPS) is 36.8. The summed E-state index contributed by atoms with van der Waals surface area (Å²) in [6, 6.07) is 0. The van der Waals surface area contributed by atoms with Crippen molar-refractivity contribution in [3.63, 3.8) is 0 Å². The molecule has 1 aliphatic carbocycles. The van der Waals surface area contributed by atoms with E-state index in [-0.39, 0.29) is 5.92 Å². The highest BCUT2D eigenvalue weighted by Gasteiger charge is 2.78. The van der Waals surface area contributed by atoms with Gasteiger partial charge in [-0.15, -0.1) is 0 Å². The number of piperidine rings is 1. The summed E-state index contributed by atoms with van der Waals surface area (Å²) in [7, 11) is 0. The van der Waals surface area contributed by atoms with Crippen LogP contribution >= 0.6 is 0 Å². The molecule has 0 aromatic carbocycles. The van der Waals surface area contributed by atoms with Crippen LogP contribution in [0.1, 0.15) is 26.2 Å². The largest absolute Gasteiger partial charge is 0.317 e. The topological polar surface area (TPSA) is 12.0 Å². The van der Waals surface area contributed by atoms with Crippen LogP contribution in [0.25, 0.3) is 0 Å². The lowest BCUT2D eigenvalue weighted by atomic mass is 9.91. The molecule has 1 unspecified atom stereocenters. The van der Waals surface area contributed by atoms with Crippen molar-refractivity contribution in [3.05, 3.63) is 0 Å². The first-order valence-corrected chi connectivity index (χ1v) is 4.73. The summed E-state index contributed by atoms with van der Waals surface area (Å²) in [5, 5.41) is 3.13. The Bertz CT molecular complexity index is 185. The summed E-state index contributed by atoms with van der Waals surface area (Å²) >= 11 is 0. The minimum atomic E-state index is -2.36. The zero-order valence-corrected chi connectivity index (χ0v) is 7.37. The highest BCUT2D eigenvalue weighted by Crippen LogP contribution is 2.71. The number of halogens is 2. The van der Waals surface area contributed by atoms with E-state index < -0.39 is 11.3 Å².